The Morgan fingerprint density at radius 2 is 2.00 bits per heavy atom. The van der Waals surface area contributed by atoms with Gasteiger partial charge in [-0.15, -0.1) is 0 Å². The molecule has 0 atom stereocenters. The van der Waals surface area contributed by atoms with Crippen LogP contribution >= 0.6 is 0 Å². The highest BCUT2D eigenvalue weighted by Crippen LogP contribution is 2.33. The fourth-order valence-electron chi connectivity index (χ4n) is 1.16. The number of benzene rings is 1. The van der Waals surface area contributed by atoms with Crippen molar-refractivity contribution in [2.24, 2.45) is 0 Å². The van der Waals surface area contributed by atoms with Crippen LogP contribution in [0.3, 0.4) is 0 Å². The second-order valence-electron chi connectivity index (χ2n) is 2.93. The van der Waals surface area contributed by atoms with Crippen molar-refractivity contribution in [3.63, 3.8) is 0 Å². The Morgan fingerprint density at radius 1 is 1.33 bits per heavy atom. The van der Waals surface area contributed by atoms with E-state index in [4.69, 9.17) is 10.8 Å². The van der Waals surface area contributed by atoms with Gasteiger partial charge in [0.05, 0.1) is 12.2 Å². The third-order valence-electron chi connectivity index (χ3n) is 1.78. The van der Waals surface area contributed by atoms with Crippen LogP contribution in [-0.4, -0.2) is 11.7 Å². The summed E-state index contributed by atoms with van der Waals surface area (Å²) in [7, 11) is 0. The Morgan fingerprint density at radius 3 is 2.53 bits per heavy atom. The number of alkyl halides is 3. The summed E-state index contributed by atoms with van der Waals surface area (Å²) >= 11 is 0. The van der Waals surface area contributed by atoms with Gasteiger partial charge in [0, 0.05) is 5.69 Å². The second-order valence-corrected chi connectivity index (χ2v) is 2.93. The van der Waals surface area contributed by atoms with Gasteiger partial charge in [-0.05, 0) is 23.8 Å². The molecule has 0 heterocycles. The molecular weight excluding hydrogens is 207 g/mol. The maximum absolute atomic E-state index is 12.5. The van der Waals surface area contributed by atoms with E-state index in [-0.39, 0.29) is 17.9 Å². The molecule has 1 aromatic carbocycles. The fourth-order valence-corrected chi connectivity index (χ4v) is 1.16. The highest BCUT2D eigenvalue weighted by Gasteiger charge is 2.32. The average Bonchev–Trinajstić information content (AvgIpc) is 2.12. The van der Waals surface area contributed by atoms with E-state index < -0.39 is 11.7 Å². The number of hydrogen-bond acceptors (Lipinski definition) is 2. The van der Waals surface area contributed by atoms with E-state index in [2.05, 4.69) is 0 Å². The molecule has 82 valence electrons. The maximum Gasteiger partial charge on any atom is 0.416 e. The van der Waals surface area contributed by atoms with E-state index in [0.717, 1.165) is 6.07 Å². The third kappa shape index (κ3) is 2.99. The summed E-state index contributed by atoms with van der Waals surface area (Å²) in [5.74, 6) is 0. The van der Waals surface area contributed by atoms with Gasteiger partial charge in [0.25, 0.3) is 0 Å². The van der Waals surface area contributed by atoms with Crippen LogP contribution in [0.1, 0.15) is 11.1 Å². The van der Waals surface area contributed by atoms with Gasteiger partial charge >= 0.3 is 6.18 Å². The number of hydrogen-bond donors (Lipinski definition) is 2. The predicted octanol–water partition coefficient (Wildman–Crippen LogP) is 2.29. The van der Waals surface area contributed by atoms with E-state index in [1.54, 1.807) is 0 Å². The molecule has 0 amide bonds. The molecule has 0 bridgehead atoms. The molecule has 0 fully saturated rings. The first-order valence-corrected chi connectivity index (χ1v) is 4.19. The summed E-state index contributed by atoms with van der Waals surface area (Å²) in [4.78, 5) is 0. The maximum atomic E-state index is 12.5. The van der Waals surface area contributed by atoms with Crippen molar-refractivity contribution < 1.29 is 18.3 Å². The molecule has 1 rings (SSSR count). The first-order valence-electron chi connectivity index (χ1n) is 4.19. The topological polar surface area (TPSA) is 46.2 Å². The summed E-state index contributed by atoms with van der Waals surface area (Å²) < 4.78 is 37.4. The Labute approximate surface area is 84.8 Å². The summed E-state index contributed by atoms with van der Waals surface area (Å²) in [6.45, 7) is -0.313. The molecule has 3 N–H and O–H groups in total. The van der Waals surface area contributed by atoms with Crippen LogP contribution < -0.4 is 5.73 Å². The Balaban J connectivity index is 3.21. The molecule has 0 aliphatic rings. The van der Waals surface area contributed by atoms with Gasteiger partial charge in [0.2, 0.25) is 0 Å². The lowest BCUT2D eigenvalue weighted by Gasteiger charge is -2.10. The second kappa shape index (κ2) is 4.35. The van der Waals surface area contributed by atoms with E-state index in [0.29, 0.717) is 0 Å². The van der Waals surface area contributed by atoms with Gasteiger partial charge in [-0.1, -0.05) is 12.2 Å². The predicted molar refractivity (Wildman–Crippen MR) is 52.0 cm³/mol. The summed E-state index contributed by atoms with van der Waals surface area (Å²) in [6.07, 6.45) is -1.99. The normalized spacial score (nSPS) is 12.3. The average molecular weight is 217 g/mol. The van der Waals surface area contributed by atoms with Crippen molar-refractivity contribution in [1.29, 1.82) is 0 Å². The van der Waals surface area contributed by atoms with Crippen molar-refractivity contribution in [3.8, 4) is 0 Å². The minimum Gasteiger partial charge on any atom is -0.399 e. The number of halogens is 3. The molecule has 0 saturated heterocycles. The molecule has 1 aromatic rings. The molecule has 0 aliphatic heterocycles. The molecule has 0 radical (unpaired) electrons. The fraction of sp³-hybridized carbons (Fsp3) is 0.200. The third-order valence-corrected chi connectivity index (χ3v) is 1.78. The molecular formula is C10H10F3NO. The summed E-state index contributed by atoms with van der Waals surface area (Å²) in [5, 5.41) is 8.49. The zero-order chi connectivity index (χ0) is 11.5. The minimum atomic E-state index is -4.41. The number of rotatable bonds is 2. The van der Waals surface area contributed by atoms with Crippen LogP contribution in [0.5, 0.6) is 0 Å². The van der Waals surface area contributed by atoms with Crippen LogP contribution in [0, 0.1) is 0 Å². The first-order chi connectivity index (χ1) is 6.95. The number of aliphatic hydroxyl groups is 1. The van der Waals surface area contributed by atoms with E-state index >= 15 is 0 Å². The highest BCUT2D eigenvalue weighted by atomic mass is 19.4. The van der Waals surface area contributed by atoms with Crippen LogP contribution in [0.2, 0.25) is 0 Å². The smallest absolute Gasteiger partial charge is 0.399 e. The molecule has 15 heavy (non-hydrogen) atoms. The van der Waals surface area contributed by atoms with Crippen LogP contribution in [0.25, 0.3) is 6.08 Å². The standard InChI is InChI=1S/C10H10F3NO/c11-10(12,13)9-4-3-8(14)6-7(9)2-1-5-15/h1-4,6,15H,5,14H2. The van der Waals surface area contributed by atoms with Crippen LogP contribution in [0.4, 0.5) is 18.9 Å². The number of anilines is 1. The van der Waals surface area contributed by atoms with Gasteiger partial charge in [-0.2, -0.15) is 13.2 Å². The molecule has 0 aliphatic carbocycles. The zero-order valence-electron chi connectivity index (χ0n) is 7.75. The van der Waals surface area contributed by atoms with Crippen molar-refractivity contribution in [2.75, 3.05) is 12.3 Å². The van der Waals surface area contributed by atoms with Gasteiger partial charge in [0.1, 0.15) is 0 Å². The number of aliphatic hydroxyl groups excluding tert-OH is 1. The largest absolute Gasteiger partial charge is 0.416 e. The minimum absolute atomic E-state index is 0.0449. The molecule has 0 unspecified atom stereocenters. The van der Waals surface area contributed by atoms with Gasteiger partial charge in [0.15, 0.2) is 0 Å². The van der Waals surface area contributed by atoms with Crippen molar-refractivity contribution in [1.82, 2.24) is 0 Å². The Bertz CT molecular complexity index is 371. The number of nitrogens with two attached hydrogens (primary N) is 1. The lowest BCUT2D eigenvalue weighted by Crippen LogP contribution is -2.07. The lowest BCUT2D eigenvalue weighted by molar-refractivity contribution is -0.137. The Kier molecular flexibility index (Phi) is 3.36. The van der Waals surface area contributed by atoms with Gasteiger partial charge < -0.3 is 10.8 Å². The van der Waals surface area contributed by atoms with Crippen molar-refractivity contribution >= 4 is 11.8 Å². The van der Waals surface area contributed by atoms with Gasteiger partial charge in [-0.3, -0.25) is 0 Å². The molecule has 0 spiro atoms. The van der Waals surface area contributed by atoms with E-state index in [1.165, 1.54) is 24.3 Å². The van der Waals surface area contributed by atoms with Crippen LogP contribution in [0.15, 0.2) is 24.3 Å². The first kappa shape index (κ1) is 11.6. The summed E-state index contributed by atoms with van der Waals surface area (Å²) in [6, 6.07) is 3.33. The molecule has 2 nitrogen and oxygen atoms in total. The van der Waals surface area contributed by atoms with Crippen molar-refractivity contribution in [3.05, 3.63) is 35.4 Å². The van der Waals surface area contributed by atoms with E-state index in [9.17, 15) is 13.2 Å². The van der Waals surface area contributed by atoms with Gasteiger partial charge in [-0.25, -0.2) is 0 Å². The SMILES string of the molecule is Nc1ccc(C(F)(F)F)c(C=CCO)c1. The lowest BCUT2D eigenvalue weighted by atomic mass is 10.1. The molecule has 5 heteroatoms. The van der Waals surface area contributed by atoms with Crippen molar-refractivity contribution in [2.45, 2.75) is 6.18 Å². The summed E-state index contributed by atoms with van der Waals surface area (Å²) in [5.41, 5.74) is 4.82. The quantitative estimate of drug-likeness (QED) is 0.746. The Hall–Kier alpha value is -1.49. The number of nitrogen functional groups attached to an aromatic ring is 1. The monoisotopic (exact) mass is 217 g/mol. The molecule has 0 saturated carbocycles. The molecule has 0 aromatic heterocycles. The van der Waals surface area contributed by atoms with E-state index in [1.807, 2.05) is 0 Å². The highest BCUT2D eigenvalue weighted by molar-refractivity contribution is 5.60. The zero-order valence-corrected chi connectivity index (χ0v) is 7.75. The van der Waals surface area contributed by atoms with Crippen LogP contribution in [-0.2, 0) is 6.18 Å².